The lowest BCUT2D eigenvalue weighted by atomic mass is 9.88. The fraction of sp³-hybridized carbons (Fsp3) is 0.350. The van der Waals surface area contributed by atoms with Gasteiger partial charge < -0.3 is 4.57 Å². The molecule has 2 heterocycles. The van der Waals surface area contributed by atoms with Crippen molar-refractivity contribution in [3.63, 3.8) is 0 Å². The molecule has 0 fully saturated rings. The predicted molar refractivity (Wildman–Crippen MR) is 91.9 cm³/mol. The number of hydrogen-bond donors (Lipinski definition) is 0. The minimum Gasteiger partial charge on any atom is -0.336 e. The van der Waals surface area contributed by atoms with Crippen LogP contribution in [0.25, 0.3) is 21.8 Å². The van der Waals surface area contributed by atoms with Crippen molar-refractivity contribution in [3.05, 3.63) is 46.5 Å². The normalized spacial score (nSPS) is 21.0. The second-order valence-corrected chi connectivity index (χ2v) is 6.87. The second kappa shape index (κ2) is 4.22. The molecule has 0 amide bonds. The number of benzene rings is 2. The zero-order valence-electron chi connectivity index (χ0n) is 13.8. The first kappa shape index (κ1) is 13.6. The number of carbonyl (C=O) groups excluding carboxylic acids is 1. The van der Waals surface area contributed by atoms with E-state index in [0.29, 0.717) is 0 Å². The molecular weight excluding hydrogens is 270 g/mol. The molecule has 2 heteroatoms. The molecule has 0 radical (unpaired) electrons. The Balaban J connectivity index is 2.33. The van der Waals surface area contributed by atoms with E-state index in [1.54, 1.807) is 0 Å². The van der Waals surface area contributed by atoms with Gasteiger partial charge in [0.2, 0.25) is 0 Å². The summed E-state index contributed by atoms with van der Waals surface area (Å²) in [5, 5.41) is 2.54. The quantitative estimate of drug-likeness (QED) is 0.564. The van der Waals surface area contributed by atoms with Gasteiger partial charge in [0.25, 0.3) is 0 Å². The highest BCUT2D eigenvalue weighted by Gasteiger charge is 2.33. The van der Waals surface area contributed by atoms with Crippen LogP contribution in [0.1, 0.15) is 46.9 Å². The van der Waals surface area contributed by atoms with E-state index in [0.717, 1.165) is 11.1 Å². The Morgan fingerprint density at radius 1 is 0.955 bits per heavy atom. The fourth-order valence-corrected chi connectivity index (χ4v) is 3.91. The summed E-state index contributed by atoms with van der Waals surface area (Å²) in [4.78, 5) is 12.7. The van der Waals surface area contributed by atoms with Gasteiger partial charge in [0.05, 0.1) is 5.52 Å². The van der Waals surface area contributed by atoms with E-state index < -0.39 is 0 Å². The van der Waals surface area contributed by atoms with Crippen LogP contribution in [0, 0.1) is 26.7 Å². The van der Waals surface area contributed by atoms with Gasteiger partial charge in [0.1, 0.15) is 0 Å². The number of fused-ring (bicyclic) bond motifs is 3. The molecule has 3 aromatic rings. The second-order valence-electron chi connectivity index (χ2n) is 6.87. The molecule has 2 atom stereocenters. The van der Waals surface area contributed by atoms with E-state index >= 15 is 0 Å². The molecule has 0 saturated heterocycles. The molecule has 0 bridgehead atoms. The van der Waals surface area contributed by atoms with Gasteiger partial charge in [-0.3, -0.25) is 4.79 Å². The van der Waals surface area contributed by atoms with Crippen molar-refractivity contribution >= 4 is 27.6 Å². The molecular formula is C20H21NO. The maximum atomic E-state index is 12.7. The summed E-state index contributed by atoms with van der Waals surface area (Å²) in [5.74, 6) is 0.303. The summed E-state index contributed by atoms with van der Waals surface area (Å²) in [6, 6.07) is 8.87. The molecule has 0 aliphatic carbocycles. The van der Waals surface area contributed by atoms with E-state index in [-0.39, 0.29) is 17.7 Å². The first-order valence-electron chi connectivity index (χ1n) is 8.00. The van der Waals surface area contributed by atoms with Crippen LogP contribution < -0.4 is 0 Å². The van der Waals surface area contributed by atoms with Gasteiger partial charge in [-0.05, 0) is 62.6 Å². The maximum Gasteiger partial charge on any atom is 0.169 e. The summed E-state index contributed by atoms with van der Waals surface area (Å²) in [6.07, 6.45) is 0. The van der Waals surface area contributed by atoms with Crippen LogP contribution in [0.15, 0.2) is 24.3 Å². The van der Waals surface area contributed by atoms with Crippen molar-refractivity contribution in [1.29, 1.82) is 0 Å². The first-order chi connectivity index (χ1) is 10.4. The summed E-state index contributed by atoms with van der Waals surface area (Å²) in [5.41, 5.74) is 7.15. The SMILES string of the molecule is Cc1cc2c3c(C)ccc4c3n(c2cc1C)C(C)C(C)C4=O. The van der Waals surface area contributed by atoms with Gasteiger partial charge in [-0.1, -0.05) is 13.0 Å². The van der Waals surface area contributed by atoms with Crippen LogP contribution in [0.4, 0.5) is 0 Å². The van der Waals surface area contributed by atoms with Crippen LogP contribution in [-0.4, -0.2) is 10.4 Å². The molecule has 1 aromatic heterocycles. The topological polar surface area (TPSA) is 22.0 Å². The Morgan fingerprint density at radius 3 is 2.36 bits per heavy atom. The summed E-state index contributed by atoms with van der Waals surface area (Å²) in [6.45, 7) is 10.7. The number of aryl methyl sites for hydroxylation is 3. The van der Waals surface area contributed by atoms with Crippen molar-refractivity contribution in [2.45, 2.75) is 40.7 Å². The lowest BCUT2D eigenvalue weighted by molar-refractivity contribution is 0.0891. The number of nitrogens with zero attached hydrogens (tertiary/aromatic N) is 1. The third kappa shape index (κ3) is 1.48. The molecule has 0 saturated carbocycles. The molecule has 2 nitrogen and oxygen atoms in total. The molecule has 0 spiro atoms. The Morgan fingerprint density at radius 2 is 1.64 bits per heavy atom. The summed E-state index contributed by atoms with van der Waals surface area (Å²) >= 11 is 0. The van der Waals surface area contributed by atoms with Crippen molar-refractivity contribution in [1.82, 2.24) is 4.57 Å². The average Bonchev–Trinajstić information content (AvgIpc) is 2.80. The van der Waals surface area contributed by atoms with E-state index in [1.807, 2.05) is 6.07 Å². The molecule has 2 unspecified atom stereocenters. The zero-order chi connectivity index (χ0) is 15.8. The lowest BCUT2D eigenvalue weighted by Crippen LogP contribution is -2.27. The van der Waals surface area contributed by atoms with E-state index in [2.05, 4.69) is 57.4 Å². The number of hydrogen-bond acceptors (Lipinski definition) is 1. The van der Waals surface area contributed by atoms with E-state index in [1.165, 1.54) is 33.0 Å². The number of rotatable bonds is 0. The monoisotopic (exact) mass is 291 g/mol. The Kier molecular flexibility index (Phi) is 2.60. The van der Waals surface area contributed by atoms with Crippen LogP contribution in [-0.2, 0) is 0 Å². The highest BCUT2D eigenvalue weighted by Crippen LogP contribution is 2.42. The Hall–Kier alpha value is -2.09. The largest absolute Gasteiger partial charge is 0.336 e. The standard InChI is InChI=1S/C20H21NO/c1-10-6-7-15-19-18(10)16-8-11(2)12(3)9-17(16)21(19)14(5)13(4)20(15)22/h6-9,13-14H,1-5H3. The van der Waals surface area contributed by atoms with Crippen molar-refractivity contribution in [3.8, 4) is 0 Å². The molecule has 4 rings (SSSR count). The van der Waals surface area contributed by atoms with Crippen molar-refractivity contribution in [2.24, 2.45) is 5.92 Å². The summed E-state index contributed by atoms with van der Waals surface area (Å²) in [7, 11) is 0. The molecule has 1 aliphatic heterocycles. The van der Waals surface area contributed by atoms with Gasteiger partial charge in [0.15, 0.2) is 5.78 Å². The van der Waals surface area contributed by atoms with Crippen molar-refractivity contribution < 1.29 is 4.79 Å². The predicted octanol–water partition coefficient (Wildman–Crippen LogP) is 5.11. The molecule has 22 heavy (non-hydrogen) atoms. The van der Waals surface area contributed by atoms with Gasteiger partial charge >= 0.3 is 0 Å². The third-order valence-electron chi connectivity index (χ3n) is 5.58. The highest BCUT2D eigenvalue weighted by atomic mass is 16.1. The van der Waals surface area contributed by atoms with E-state index in [9.17, 15) is 4.79 Å². The number of ketones is 1. The molecule has 2 aromatic carbocycles. The van der Waals surface area contributed by atoms with Crippen LogP contribution in [0.5, 0.6) is 0 Å². The number of aromatic nitrogens is 1. The maximum absolute atomic E-state index is 12.7. The van der Waals surface area contributed by atoms with Gasteiger partial charge in [-0.25, -0.2) is 0 Å². The third-order valence-corrected chi connectivity index (χ3v) is 5.58. The minimum atomic E-state index is 0.0237. The van der Waals surface area contributed by atoms with Crippen molar-refractivity contribution in [2.75, 3.05) is 0 Å². The van der Waals surface area contributed by atoms with Crippen LogP contribution in [0.3, 0.4) is 0 Å². The van der Waals surface area contributed by atoms with Gasteiger partial charge in [-0.15, -0.1) is 0 Å². The minimum absolute atomic E-state index is 0.0237. The van der Waals surface area contributed by atoms with Crippen LogP contribution in [0.2, 0.25) is 0 Å². The molecule has 1 aliphatic rings. The number of Topliss-reactive ketones (excluding diaryl/α,β-unsaturated/α-hetero) is 1. The Bertz CT molecular complexity index is 961. The van der Waals surface area contributed by atoms with Crippen LogP contribution >= 0.6 is 0 Å². The van der Waals surface area contributed by atoms with E-state index in [4.69, 9.17) is 0 Å². The average molecular weight is 291 g/mol. The fourth-order valence-electron chi connectivity index (χ4n) is 3.91. The smallest absolute Gasteiger partial charge is 0.169 e. The first-order valence-corrected chi connectivity index (χ1v) is 8.00. The van der Waals surface area contributed by atoms with Gasteiger partial charge in [-0.2, -0.15) is 0 Å². The molecule has 0 N–H and O–H groups in total. The van der Waals surface area contributed by atoms with Gasteiger partial charge in [0, 0.05) is 33.8 Å². The number of carbonyl (C=O) groups is 1. The molecule has 112 valence electrons. The highest BCUT2D eigenvalue weighted by molar-refractivity contribution is 6.19. The Labute approximate surface area is 130 Å². The summed E-state index contributed by atoms with van der Waals surface area (Å²) < 4.78 is 2.39. The lowest BCUT2D eigenvalue weighted by Gasteiger charge is -2.28. The zero-order valence-corrected chi connectivity index (χ0v) is 13.8.